The van der Waals surface area contributed by atoms with Crippen LogP contribution in [0.4, 0.5) is 0 Å². The number of carbonyl (C=O) groups excluding carboxylic acids is 2. The lowest BCUT2D eigenvalue weighted by atomic mass is 10.1. The molecule has 0 aliphatic carbocycles. The van der Waals surface area contributed by atoms with Gasteiger partial charge in [0.25, 0.3) is 0 Å². The zero-order valence-corrected chi connectivity index (χ0v) is 14.4. The molecule has 0 aromatic heterocycles. The monoisotopic (exact) mass is 316 g/mol. The van der Waals surface area contributed by atoms with Crippen LogP contribution in [-0.4, -0.2) is 50.6 Å². The lowest BCUT2D eigenvalue weighted by molar-refractivity contribution is -0.154. The van der Waals surface area contributed by atoms with Gasteiger partial charge in [0.15, 0.2) is 0 Å². The van der Waals surface area contributed by atoms with Crippen LogP contribution in [0.2, 0.25) is 0 Å². The van der Waals surface area contributed by atoms with E-state index in [1.807, 2.05) is 0 Å². The third-order valence-electron chi connectivity index (χ3n) is 2.93. The summed E-state index contributed by atoms with van der Waals surface area (Å²) in [5.74, 6) is -1.18. The highest BCUT2D eigenvalue weighted by Gasteiger charge is 2.23. The van der Waals surface area contributed by atoms with Crippen LogP contribution in [0.3, 0.4) is 0 Å². The summed E-state index contributed by atoms with van der Waals surface area (Å²) in [6, 6.07) is 0. The van der Waals surface area contributed by atoms with Gasteiger partial charge in [0, 0.05) is 52.4 Å². The predicted molar refractivity (Wildman–Crippen MR) is 82.5 cm³/mol. The molecule has 6 heteroatoms. The van der Waals surface area contributed by atoms with Gasteiger partial charge in [-0.15, -0.1) is 0 Å². The molecule has 0 unspecified atom stereocenters. The number of methoxy groups -OCH3 is 2. The van der Waals surface area contributed by atoms with Gasteiger partial charge in [0.2, 0.25) is 0 Å². The second-order valence-electron chi connectivity index (χ2n) is 6.18. The molecule has 0 radical (unpaired) electrons. The lowest BCUT2D eigenvalue weighted by Gasteiger charge is -2.24. The molecular weight excluding hydrogens is 288 g/mol. The van der Waals surface area contributed by atoms with Crippen molar-refractivity contribution in [3.8, 4) is 0 Å². The fourth-order valence-electron chi connectivity index (χ4n) is 1.55. The van der Waals surface area contributed by atoms with Crippen molar-refractivity contribution in [1.29, 1.82) is 0 Å². The topological polar surface area (TPSA) is 71.1 Å². The molecule has 0 spiro atoms. The van der Waals surface area contributed by atoms with Gasteiger partial charge >= 0.3 is 11.9 Å². The molecule has 0 bridgehead atoms. The van der Waals surface area contributed by atoms with Crippen molar-refractivity contribution in [2.45, 2.75) is 51.7 Å². The fraction of sp³-hybridized carbons (Fsp3) is 0.750. The van der Waals surface area contributed by atoms with Crippen molar-refractivity contribution in [2.24, 2.45) is 0 Å². The molecule has 0 amide bonds. The molecule has 0 heterocycles. The van der Waals surface area contributed by atoms with E-state index < -0.39 is 23.1 Å². The Morgan fingerprint density at radius 3 is 1.36 bits per heavy atom. The number of carbonyl (C=O) groups is 2. The standard InChI is InChI=1S/C16H28O6/c1-15(2,9-11-19-5)21-13(17)7-8-14(18)22-16(3,4)10-12-20-6/h7-8H,9-12H2,1-6H3/b8-7+. The summed E-state index contributed by atoms with van der Waals surface area (Å²) in [5, 5.41) is 0. The largest absolute Gasteiger partial charge is 0.456 e. The van der Waals surface area contributed by atoms with Crippen molar-refractivity contribution in [3.05, 3.63) is 12.2 Å². The Morgan fingerprint density at radius 2 is 1.09 bits per heavy atom. The Morgan fingerprint density at radius 1 is 0.773 bits per heavy atom. The summed E-state index contributed by atoms with van der Waals surface area (Å²) in [4.78, 5) is 23.4. The van der Waals surface area contributed by atoms with Gasteiger partial charge in [0.05, 0.1) is 0 Å². The maximum absolute atomic E-state index is 11.7. The molecule has 0 aromatic rings. The van der Waals surface area contributed by atoms with E-state index in [-0.39, 0.29) is 0 Å². The average molecular weight is 316 g/mol. The van der Waals surface area contributed by atoms with E-state index >= 15 is 0 Å². The van der Waals surface area contributed by atoms with Crippen LogP contribution in [-0.2, 0) is 28.5 Å². The van der Waals surface area contributed by atoms with Crippen LogP contribution in [0, 0.1) is 0 Å². The van der Waals surface area contributed by atoms with Gasteiger partial charge in [0.1, 0.15) is 11.2 Å². The maximum Gasteiger partial charge on any atom is 0.331 e. The van der Waals surface area contributed by atoms with Crippen molar-refractivity contribution in [3.63, 3.8) is 0 Å². The smallest absolute Gasteiger partial charge is 0.331 e. The SMILES string of the molecule is COCCC(C)(C)OC(=O)/C=C/C(=O)OC(C)(C)CCOC. The lowest BCUT2D eigenvalue weighted by Crippen LogP contribution is -2.30. The molecule has 0 N–H and O–H groups in total. The molecule has 128 valence electrons. The van der Waals surface area contributed by atoms with Crippen LogP contribution >= 0.6 is 0 Å². The van der Waals surface area contributed by atoms with Gasteiger partial charge < -0.3 is 18.9 Å². The Hall–Kier alpha value is -1.40. The van der Waals surface area contributed by atoms with Gasteiger partial charge in [-0.3, -0.25) is 0 Å². The first-order valence-corrected chi connectivity index (χ1v) is 7.24. The Kier molecular flexibility index (Phi) is 8.97. The zero-order chi connectivity index (χ0) is 17.2. The summed E-state index contributed by atoms with van der Waals surface area (Å²) in [6.07, 6.45) is 3.28. The maximum atomic E-state index is 11.7. The third-order valence-corrected chi connectivity index (χ3v) is 2.93. The Labute approximate surface area is 132 Å². The second-order valence-corrected chi connectivity index (χ2v) is 6.18. The van der Waals surface area contributed by atoms with Gasteiger partial charge in [-0.05, 0) is 27.7 Å². The first-order valence-electron chi connectivity index (χ1n) is 7.24. The first kappa shape index (κ1) is 20.6. The highest BCUT2D eigenvalue weighted by Crippen LogP contribution is 2.16. The van der Waals surface area contributed by atoms with Crippen molar-refractivity contribution in [2.75, 3.05) is 27.4 Å². The highest BCUT2D eigenvalue weighted by atomic mass is 16.6. The highest BCUT2D eigenvalue weighted by molar-refractivity contribution is 5.91. The summed E-state index contributed by atoms with van der Waals surface area (Å²) in [5.41, 5.74) is -1.31. The van der Waals surface area contributed by atoms with Crippen LogP contribution in [0.25, 0.3) is 0 Å². The van der Waals surface area contributed by atoms with E-state index in [0.717, 1.165) is 12.2 Å². The molecule has 6 nitrogen and oxygen atoms in total. The van der Waals surface area contributed by atoms with Crippen LogP contribution < -0.4 is 0 Å². The summed E-state index contributed by atoms with van der Waals surface area (Å²) < 4.78 is 20.4. The van der Waals surface area contributed by atoms with Crippen LogP contribution in [0.5, 0.6) is 0 Å². The minimum atomic E-state index is -0.654. The third kappa shape index (κ3) is 10.3. The molecular formula is C16H28O6. The van der Waals surface area contributed by atoms with Crippen LogP contribution in [0.1, 0.15) is 40.5 Å². The molecule has 0 saturated carbocycles. The molecule has 0 fully saturated rings. The zero-order valence-electron chi connectivity index (χ0n) is 14.4. The minimum Gasteiger partial charge on any atom is -0.456 e. The molecule has 0 aromatic carbocycles. The summed E-state index contributed by atoms with van der Waals surface area (Å²) in [7, 11) is 3.16. The minimum absolute atomic E-state index is 0.486. The van der Waals surface area contributed by atoms with Gasteiger partial charge in [-0.25, -0.2) is 9.59 Å². The predicted octanol–water partition coefficient (Wildman–Crippen LogP) is 2.26. The molecule has 0 atom stereocenters. The molecule has 0 saturated heterocycles. The normalized spacial score (nSPS) is 12.5. The van der Waals surface area contributed by atoms with E-state index in [4.69, 9.17) is 18.9 Å². The first-order chi connectivity index (χ1) is 10.1. The summed E-state index contributed by atoms with van der Waals surface area (Å²) >= 11 is 0. The quantitative estimate of drug-likeness (QED) is 0.455. The van der Waals surface area contributed by atoms with E-state index in [9.17, 15) is 9.59 Å². The van der Waals surface area contributed by atoms with Gasteiger partial charge in [-0.1, -0.05) is 0 Å². The van der Waals surface area contributed by atoms with E-state index in [1.54, 1.807) is 41.9 Å². The van der Waals surface area contributed by atoms with E-state index in [0.29, 0.717) is 26.1 Å². The molecule has 0 aliphatic rings. The van der Waals surface area contributed by atoms with Crippen LogP contribution in [0.15, 0.2) is 12.2 Å². The number of ether oxygens (including phenoxy) is 4. The number of hydrogen-bond donors (Lipinski definition) is 0. The summed E-state index contributed by atoms with van der Waals surface area (Å²) in [6.45, 7) is 8.10. The van der Waals surface area contributed by atoms with Crippen molar-refractivity contribution < 1.29 is 28.5 Å². The molecule has 22 heavy (non-hydrogen) atoms. The second kappa shape index (κ2) is 9.58. The van der Waals surface area contributed by atoms with E-state index in [1.165, 1.54) is 0 Å². The average Bonchev–Trinajstić information content (AvgIpc) is 2.40. The number of rotatable bonds is 10. The Balaban J connectivity index is 4.34. The Bertz CT molecular complexity index is 348. The van der Waals surface area contributed by atoms with Crippen molar-refractivity contribution >= 4 is 11.9 Å². The van der Waals surface area contributed by atoms with E-state index in [2.05, 4.69) is 0 Å². The van der Waals surface area contributed by atoms with Crippen molar-refractivity contribution in [1.82, 2.24) is 0 Å². The fourth-order valence-corrected chi connectivity index (χ4v) is 1.55. The number of esters is 2. The molecule has 0 aliphatic heterocycles. The van der Waals surface area contributed by atoms with Gasteiger partial charge in [-0.2, -0.15) is 0 Å². The molecule has 0 rings (SSSR count). The number of hydrogen-bond acceptors (Lipinski definition) is 6.